The first-order valence-electron chi connectivity index (χ1n) is 9.11. The van der Waals surface area contributed by atoms with Gasteiger partial charge in [0.25, 0.3) is 0 Å². The van der Waals surface area contributed by atoms with Crippen LogP contribution in [0.25, 0.3) is 5.57 Å². The molecule has 0 aliphatic carbocycles. The molecule has 2 heterocycles. The van der Waals surface area contributed by atoms with Gasteiger partial charge >= 0.3 is 0 Å². The van der Waals surface area contributed by atoms with Crippen molar-refractivity contribution >= 4 is 29.1 Å². The molecule has 8 heteroatoms. The summed E-state index contributed by atoms with van der Waals surface area (Å²) in [4.78, 5) is 10.4. The Morgan fingerprint density at radius 2 is 2.18 bits per heavy atom. The van der Waals surface area contributed by atoms with E-state index in [1.807, 2.05) is 4.90 Å². The number of anilines is 1. The fourth-order valence-electron chi connectivity index (χ4n) is 3.32. The van der Waals surface area contributed by atoms with Crippen LogP contribution in [0.4, 0.5) is 14.5 Å². The Bertz CT molecular complexity index is 900. The summed E-state index contributed by atoms with van der Waals surface area (Å²) in [5, 5.41) is 11.4. The van der Waals surface area contributed by atoms with Gasteiger partial charge in [0.1, 0.15) is 24.2 Å². The summed E-state index contributed by atoms with van der Waals surface area (Å²) in [6.07, 6.45) is 4.93. The molecule has 0 unspecified atom stereocenters. The Balaban J connectivity index is 1.85. The monoisotopic (exact) mass is 386 g/mol. The van der Waals surface area contributed by atoms with Crippen molar-refractivity contribution < 1.29 is 8.78 Å². The van der Waals surface area contributed by atoms with Crippen LogP contribution in [-0.2, 0) is 0 Å². The van der Waals surface area contributed by atoms with Crippen LogP contribution in [0.5, 0.6) is 0 Å². The first-order valence-corrected chi connectivity index (χ1v) is 9.11. The molecule has 0 bridgehead atoms. The lowest BCUT2D eigenvalue weighted by Crippen LogP contribution is -2.28. The molecule has 1 aromatic carbocycles. The fourth-order valence-corrected chi connectivity index (χ4v) is 3.32. The van der Waals surface area contributed by atoms with E-state index in [1.165, 1.54) is 12.4 Å². The van der Waals surface area contributed by atoms with Gasteiger partial charge in [-0.15, -0.1) is 0 Å². The van der Waals surface area contributed by atoms with Crippen molar-refractivity contribution in [3.8, 4) is 0 Å². The molecule has 3 rings (SSSR count). The van der Waals surface area contributed by atoms with E-state index >= 15 is 0 Å². The fraction of sp³-hybridized carbons (Fsp3) is 0.350. The molecule has 0 radical (unpaired) electrons. The van der Waals surface area contributed by atoms with Gasteiger partial charge in [0.05, 0.1) is 18.0 Å². The van der Waals surface area contributed by atoms with E-state index in [0.29, 0.717) is 48.3 Å². The van der Waals surface area contributed by atoms with Gasteiger partial charge < -0.3 is 16.0 Å². The van der Waals surface area contributed by atoms with Gasteiger partial charge in [0.2, 0.25) is 0 Å². The van der Waals surface area contributed by atoms with Crippen molar-refractivity contribution in [2.24, 2.45) is 9.98 Å². The number of rotatable bonds is 4. The van der Waals surface area contributed by atoms with Gasteiger partial charge in [-0.25, -0.2) is 18.8 Å². The molecular formula is C20H24F2N6. The highest BCUT2D eigenvalue weighted by Crippen LogP contribution is 2.26. The summed E-state index contributed by atoms with van der Waals surface area (Å²) in [5.41, 5.74) is 8.09. The number of aliphatic imine (C=N–C) groups is 2. The second kappa shape index (κ2) is 8.33. The average molecular weight is 386 g/mol. The summed E-state index contributed by atoms with van der Waals surface area (Å²) in [6, 6.07) is 2.79. The topological polar surface area (TPSA) is 89.9 Å². The zero-order valence-corrected chi connectivity index (χ0v) is 16.0. The standard InChI is InChI=1S/C20H24F2N6/c1-12(9-25-2)14-7-15(17(23)8-16(14)22)20(24)18-3-4-19(27-11-26-18)28-6-5-13(21)10-28/h3,7-9,11,13,24-25H,4-6,10,23H2,1-2H3/b12-9+,24-20?/t13-/m0/s1. The maximum absolute atomic E-state index is 14.3. The molecule has 28 heavy (non-hydrogen) atoms. The number of allylic oxidation sites excluding steroid dienone is 2. The minimum Gasteiger partial charge on any atom is -0.398 e. The van der Waals surface area contributed by atoms with Gasteiger partial charge in [-0.2, -0.15) is 0 Å². The average Bonchev–Trinajstić information content (AvgIpc) is 2.94. The van der Waals surface area contributed by atoms with Crippen LogP contribution >= 0.6 is 0 Å². The molecule has 6 nitrogen and oxygen atoms in total. The number of likely N-dealkylation sites (tertiary alicyclic amines) is 1. The quantitative estimate of drug-likeness (QED) is 0.549. The zero-order valence-electron chi connectivity index (χ0n) is 16.0. The lowest BCUT2D eigenvalue weighted by Gasteiger charge is -2.17. The van der Waals surface area contributed by atoms with E-state index in [2.05, 4.69) is 15.3 Å². The van der Waals surface area contributed by atoms with Crippen LogP contribution in [-0.4, -0.2) is 49.1 Å². The third-order valence-electron chi connectivity index (χ3n) is 4.83. The van der Waals surface area contributed by atoms with Crippen LogP contribution < -0.4 is 11.1 Å². The predicted octanol–water partition coefficient (Wildman–Crippen LogP) is 3.11. The predicted molar refractivity (Wildman–Crippen MR) is 110 cm³/mol. The smallest absolute Gasteiger partial charge is 0.132 e. The maximum atomic E-state index is 14.3. The van der Waals surface area contributed by atoms with E-state index < -0.39 is 12.0 Å². The van der Waals surface area contributed by atoms with E-state index in [4.69, 9.17) is 11.1 Å². The Kier molecular flexibility index (Phi) is 5.87. The second-order valence-corrected chi connectivity index (χ2v) is 6.83. The molecular weight excluding hydrogens is 362 g/mol. The summed E-state index contributed by atoms with van der Waals surface area (Å²) in [7, 11) is 1.73. The minimum atomic E-state index is -0.837. The Labute approximate surface area is 163 Å². The van der Waals surface area contributed by atoms with E-state index in [1.54, 1.807) is 32.3 Å². The molecule has 0 amide bonds. The number of hydrogen-bond acceptors (Lipinski definition) is 6. The summed E-state index contributed by atoms with van der Waals surface area (Å²) in [5.74, 6) is 0.282. The van der Waals surface area contributed by atoms with Gasteiger partial charge in [0, 0.05) is 36.8 Å². The number of benzene rings is 1. The van der Waals surface area contributed by atoms with Crippen LogP contribution in [0.1, 0.15) is 30.9 Å². The molecule has 2 aliphatic rings. The van der Waals surface area contributed by atoms with E-state index in [9.17, 15) is 8.78 Å². The lowest BCUT2D eigenvalue weighted by atomic mass is 9.98. The van der Waals surface area contributed by atoms with Crippen molar-refractivity contribution in [3.05, 3.63) is 47.0 Å². The Hall–Kier alpha value is -3.03. The molecule has 4 N–H and O–H groups in total. The molecule has 0 saturated carbocycles. The number of nitrogens with two attached hydrogens (primary N) is 1. The number of amidine groups is 1. The summed E-state index contributed by atoms with van der Waals surface area (Å²) < 4.78 is 27.8. The molecule has 0 spiro atoms. The van der Waals surface area contributed by atoms with Crippen molar-refractivity contribution in [2.75, 3.05) is 25.9 Å². The van der Waals surface area contributed by atoms with Gasteiger partial charge in [-0.1, -0.05) is 0 Å². The first-order chi connectivity index (χ1) is 13.4. The number of nitrogens with one attached hydrogen (secondary N) is 2. The molecule has 1 fully saturated rings. The number of halogens is 2. The number of nitrogen functional groups attached to an aromatic ring is 1. The van der Waals surface area contributed by atoms with Crippen LogP contribution in [0.3, 0.4) is 0 Å². The van der Waals surface area contributed by atoms with Crippen molar-refractivity contribution in [3.63, 3.8) is 0 Å². The largest absolute Gasteiger partial charge is 0.398 e. The number of nitrogens with zero attached hydrogens (tertiary/aromatic N) is 3. The van der Waals surface area contributed by atoms with Crippen LogP contribution in [0, 0.1) is 11.2 Å². The zero-order chi connectivity index (χ0) is 20.3. The normalized spacial score (nSPS) is 19.9. The second-order valence-electron chi connectivity index (χ2n) is 6.83. The van der Waals surface area contributed by atoms with Crippen LogP contribution in [0.15, 0.2) is 40.1 Å². The third-order valence-corrected chi connectivity index (χ3v) is 4.83. The van der Waals surface area contributed by atoms with Crippen molar-refractivity contribution in [1.82, 2.24) is 10.2 Å². The number of alkyl halides is 1. The summed E-state index contributed by atoms with van der Waals surface area (Å²) in [6.45, 7) is 2.73. The highest BCUT2D eigenvalue weighted by atomic mass is 19.1. The SMILES string of the molecule is CN/C=C(\C)c1cc(C(=N)C2=CCC(N3CC[C@H](F)C3)=NC=N2)c(N)cc1F. The molecule has 2 aliphatic heterocycles. The minimum absolute atomic E-state index is 0.0912. The first kappa shape index (κ1) is 19.7. The Morgan fingerprint density at radius 1 is 1.39 bits per heavy atom. The molecule has 1 saturated heterocycles. The molecule has 148 valence electrons. The Morgan fingerprint density at radius 3 is 2.86 bits per heavy atom. The van der Waals surface area contributed by atoms with Gasteiger partial charge in [0.15, 0.2) is 0 Å². The van der Waals surface area contributed by atoms with Crippen molar-refractivity contribution in [1.29, 1.82) is 5.41 Å². The molecule has 1 atom stereocenters. The number of hydrogen-bond donors (Lipinski definition) is 3. The van der Waals surface area contributed by atoms with Crippen molar-refractivity contribution in [2.45, 2.75) is 25.9 Å². The third kappa shape index (κ3) is 4.11. The lowest BCUT2D eigenvalue weighted by molar-refractivity contribution is 0.341. The maximum Gasteiger partial charge on any atom is 0.132 e. The highest BCUT2D eigenvalue weighted by Gasteiger charge is 2.25. The summed E-state index contributed by atoms with van der Waals surface area (Å²) >= 11 is 0. The van der Waals surface area contributed by atoms with E-state index in [0.717, 1.165) is 5.84 Å². The molecule has 0 aromatic heterocycles. The van der Waals surface area contributed by atoms with Gasteiger partial charge in [-0.3, -0.25) is 5.41 Å². The van der Waals surface area contributed by atoms with E-state index in [-0.39, 0.29) is 11.4 Å². The highest BCUT2D eigenvalue weighted by molar-refractivity contribution is 6.15. The molecule has 1 aromatic rings. The van der Waals surface area contributed by atoms with Crippen LogP contribution in [0.2, 0.25) is 0 Å². The van der Waals surface area contributed by atoms with Gasteiger partial charge in [-0.05, 0) is 43.3 Å².